The highest BCUT2D eigenvalue weighted by atomic mass is 16.5. The predicted molar refractivity (Wildman–Crippen MR) is 113 cm³/mol. The van der Waals surface area contributed by atoms with Crippen molar-refractivity contribution in [2.75, 3.05) is 13.2 Å². The molecule has 0 aliphatic carbocycles. The summed E-state index contributed by atoms with van der Waals surface area (Å²) < 4.78 is 6.93. The van der Waals surface area contributed by atoms with Crippen LogP contribution in [0.25, 0.3) is 5.69 Å². The van der Waals surface area contributed by atoms with Crippen LogP contribution in [0.1, 0.15) is 59.0 Å². The Kier molecular flexibility index (Phi) is 5.20. The first-order valence-electron chi connectivity index (χ1n) is 11.0. The molecular formula is C22H24N6O5. The molecule has 2 N–H and O–H groups in total. The van der Waals surface area contributed by atoms with Crippen LogP contribution in [-0.2, 0) is 20.9 Å². The zero-order chi connectivity index (χ0) is 23.2. The van der Waals surface area contributed by atoms with Crippen molar-refractivity contribution < 1.29 is 23.9 Å². The van der Waals surface area contributed by atoms with Crippen LogP contribution in [0, 0.1) is 0 Å². The quantitative estimate of drug-likeness (QED) is 0.624. The van der Waals surface area contributed by atoms with E-state index in [2.05, 4.69) is 20.9 Å². The summed E-state index contributed by atoms with van der Waals surface area (Å²) in [5, 5.41) is 13.4. The van der Waals surface area contributed by atoms with E-state index in [1.165, 1.54) is 9.58 Å². The Morgan fingerprint density at radius 2 is 2.18 bits per heavy atom. The molecule has 4 amide bonds. The van der Waals surface area contributed by atoms with E-state index in [1.807, 2.05) is 6.92 Å². The summed E-state index contributed by atoms with van der Waals surface area (Å²) in [4.78, 5) is 50.7. The first kappa shape index (κ1) is 21.3. The first-order valence-corrected chi connectivity index (χ1v) is 11.0. The zero-order valence-electron chi connectivity index (χ0n) is 18.2. The average Bonchev–Trinajstić information content (AvgIpc) is 3.54. The molecule has 5 rings (SSSR count). The van der Waals surface area contributed by atoms with Crippen molar-refractivity contribution in [2.45, 2.75) is 50.7 Å². The number of nitrogens with one attached hydrogen (secondary N) is 2. The first-order chi connectivity index (χ1) is 15.9. The number of rotatable bonds is 5. The highest BCUT2D eigenvalue weighted by Crippen LogP contribution is 2.29. The number of benzene rings is 1. The number of carbonyl (C=O) groups is 4. The minimum absolute atomic E-state index is 0.191. The lowest BCUT2D eigenvalue weighted by Crippen LogP contribution is -2.52. The molecule has 1 aromatic carbocycles. The summed E-state index contributed by atoms with van der Waals surface area (Å²) in [5.74, 6) is -1.32. The van der Waals surface area contributed by atoms with E-state index in [0.29, 0.717) is 30.9 Å². The molecule has 1 aromatic heterocycles. The highest BCUT2D eigenvalue weighted by Gasteiger charge is 2.39. The number of imide groups is 1. The highest BCUT2D eigenvalue weighted by molar-refractivity contribution is 6.05. The van der Waals surface area contributed by atoms with Crippen LogP contribution in [0.4, 0.5) is 0 Å². The Bertz CT molecular complexity index is 1150. The second kappa shape index (κ2) is 8.07. The monoisotopic (exact) mass is 452 g/mol. The van der Waals surface area contributed by atoms with Crippen molar-refractivity contribution in [3.05, 3.63) is 41.2 Å². The standard InChI is InChI=1S/C22H24N6O5/c1-2-22(7-8-33-12-22)24-19(30)16-11-28(26-25-16)14-3-4-15-13(9-14)10-27(21(15)32)17-5-6-18(29)23-20(17)31/h3-4,9,11,17H,2,5-8,10,12H2,1H3,(H,24,30)(H,23,29,31). The van der Waals surface area contributed by atoms with Crippen molar-refractivity contribution in [2.24, 2.45) is 0 Å². The van der Waals surface area contributed by atoms with Crippen molar-refractivity contribution >= 4 is 23.6 Å². The third kappa shape index (κ3) is 3.78. The van der Waals surface area contributed by atoms with Gasteiger partial charge in [-0.3, -0.25) is 24.5 Å². The van der Waals surface area contributed by atoms with Gasteiger partial charge < -0.3 is 15.0 Å². The average molecular weight is 452 g/mol. The molecule has 2 fully saturated rings. The number of hydrogen-bond donors (Lipinski definition) is 2. The van der Waals surface area contributed by atoms with Crippen molar-refractivity contribution in [1.82, 2.24) is 30.5 Å². The maximum absolute atomic E-state index is 12.9. The Hall–Kier alpha value is -3.60. The maximum Gasteiger partial charge on any atom is 0.273 e. The van der Waals surface area contributed by atoms with Crippen LogP contribution in [-0.4, -0.2) is 68.3 Å². The van der Waals surface area contributed by atoms with Gasteiger partial charge in [-0.15, -0.1) is 5.10 Å². The van der Waals surface area contributed by atoms with E-state index in [9.17, 15) is 19.2 Å². The molecule has 2 saturated heterocycles. The molecule has 0 saturated carbocycles. The second-order valence-electron chi connectivity index (χ2n) is 8.68. The van der Waals surface area contributed by atoms with Crippen LogP contribution >= 0.6 is 0 Å². The molecule has 2 atom stereocenters. The van der Waals surface area contributed by atoms with Crippen molar-refractivity contribution in [3.8, 4) is 5.69 Å². The van der Waals surface area contributed by atoms with Crippen LogP contribution in [0.2, 0.25) is 0 Å². The van der Waals surface area contributed by atoms with Gasteiger partial charge in [0, 0.05) is 25.1 Å². The Morgan fingerprint density at radius 3 is 2.91 bits per heavy atom. The number of fused-ring (bicyclic) bond motifs is 1. The summed E-state index contributed by atoms with van der Waals surface area (Å²) in [6, 6.07) is 4.54. The van der Waals surface area contributed by atoms with E-state index in [0.717, 1.165) is 18.4 Å². The number of aromatic nitrogens is 3. The van der Waals surface area contributed by atoms with Gasteiger partial charge in [-0.25, -0.2) is 4.68 Å². The minimum Gasteiger partial charge on any atom is -0.379 e. The Morgan fingerprint density at radius 1 is 1.33 bits per heavy atom. The van der Waals surface area contributed by atoms with E-state index >= 15 is 0 Å². The summed E-state index contributed by atoms with van der Waals surface area (Å²) in [6.07, 6.45) is 3.58. The lowest BCUT2D eigenvalue weighted by atomic mass is 9.95. The maximum atomic E-state index is 12.9. The number of carbonyl (C=O) groups excluding carboxylic acids is 4. The van der Waals surface area contributed by atoms with Gasteiger partial charge >= 0.3 is 0 Å². The molecule has 0 bridgehead atoms. The van der Waals surface area contributed by atoms with Crippen LogP contribution in [0.5, 0.6) is 0 Å². The fourth-order valence-electron chi connectivity index (χ4n) is 4.58. The number of amides is 4. The van der Waals surface area contributed by atoms with Crippen LogP contribution in [0.15, 0.2) is 24.4 Å². The molecule has 11 heteroatoms. The van der Waals surface area contributed by atoms with Gasteiger partial charge in [-0.1, -0.05) is 12.1 Å². The molecule has 4 heterocycles. The van der Waals surface area contributed by atoms with Gasteiger partial charge in [0.1, 0.15) is 6.04 Å². The van der Waals surface area contributed by atoms with E-state index in [1.54, 1.807) is 24.4 Å². The molecule has 2 aromatic rings. The SMILES string of the molecule is CCC1(NC(=O)c2cn(-c3ccc4c(c3)CN(C3CCC(=O)NC3=O)C4=O)nn2)CCOC1. The second-order valence-corrected chi connectivity index (χ2v) is 8.68. The van der Waals surface area contributed by atoms with Gasteiger partial charge in [0.2, 0.25) is 11.8 Å². The van der Waals surface area contributed by atoms with Gasteiger partial charge in [-0.05, 0) is 43.0 Å². The lowest BCUT2D eigenvalue weighted by molar-refractivity contribution is -0.136. The fraction of sp³-hybridized carbons (Fsp3) is 0.455. The van der Waals surface area contributed by atoms with Crippen LogP contribution < -0.4 is 10.6 Å². The smallest absolute Gasteiger partial charge is 0.273 e. The molecule has 0 spiro atoms. The normalized spacial score (nSPS) is 24.7. The predicted octanol–water partition coefficient (Wildman–Crippen LogP) is 0.327. The van der Waals surface area contributed by atoms with E-state index < -0.39 is 11.9 Å². The molecule has 3 aliphatic rings. The summed E-state index contributed by atoms with van der Waals surface area (Å²) in [7, 11) is 0. The zero-order valence-corrected chi connectivity index (χ0v) is 18.2. The van der Waals surface area contributed by atoms with Crippen molar-refractivity contribution in [3.63, 3.8) is 0 Å². The van der Waals surface area contributed by atoms with Gasteiger partial charge in [-0.2, -0.15) is 0 Å². The topological polar surface area (TPSA) is 136 Å². The molecule has 172 valence electrons. The molecular weight excluding hydrogens is 428 g/mol. The van der Waals surface area contributed by atoms with Gasteiger partial charge in [0.25, 0.3) is 11.8 Å². The van der Waals surface area contributed by atoms with Crippen molar-refractivity contribution in [1.29, 1.82) is 0 Å². The Balaban J connectivity index is 1.33. The van der Waals surface area contributed by atoms with Crippen LogP contribution in [0.3, 0.4) is 0 Å². The Labute approximate surface area is 189 Å². The van der Waals surface area contributed by atoms with Gasteiger partial charge in [0.15, 0.2) is 5.69 Å². The lowest BCUT2D eigenvalue weighted by Gasteiger charge is -2.29. The molecule has 3 aliphatic heterocycles. The molecule has 33 heavy (non-hydrogen) atoms. The minimum atomic E-state index is -0.668. The number of ether oxygens (including phenoxy) is 1. The van der Waals surface area contributed by atoms with E-state index in [4.69, 9.17) is 4.74 Å². The number of piperidine rings is 1. The van der Waals surface area contributed by atoms with Gasteiger partial charge in [0.05, 0.1) is 24.0 Å². The summed E-state index contributed by atoms with van der Waals surface area (Å²) >= 11 is 0. The third-order valence-corrected chi connectivity index (χ3v) is 6.66. The molecule has 2 unspecified atom stereocenters. The third-order valence-electron chi connectivity index (χ3n) is 6.66. The largest absolute Gasteiger partial charge is 0.379 e. The van der Waals surface area contributed by atoms with E-state index in [-0.39, 0.29) is 41.9 Å². The molecule has 0 radical (unpaired) electrons. The number of hydrogen-bond acceptors (Lipinski definition) is 7. The fourth-order valence-corrected chi connectivity index (χ4v) is 4.58. The molecule has 11 nitrogen and oxygen atoms in total. The number of nitrogens with zero attached hydrogens (tertiary/aromatic N) is 4. The summed E-state index contributed by atoms with van der Waals surface area (Å²) in [5.41, 5.74) is 1.71. The summed E-state index contributed by atoms with van der Waals surface area (Å²) in [6.45, 7) is 3.36.